The molecule has 0 amide bonds. The van der Waals surface area contributed by atoms with Crippen LogP contribution in [0, 0.1) is 6.92 Å². The van der Waals surface area contributed by atoms with Crippen LogP contribution in [0.4, 0.5) is 13.2 Å². The molecular formula is C18H27F3N4O. The lowest BCUT2D eigenvalue weighted by atomic mass is 10.2. The molecule has 5 nitrogen and oxygen atoms in total. The van der Waals surface area contributed by atoms with Crippen molar-refractivity contribution < 1.29 is 17.9 Å². The molecule has 1 fully saturated rings. The van der Waals surface area contributed by atoms with Gasteiger partial charge in [0.2, 0.25) is 0 Å². The largest absolute Gasteiger partial charge is 0.489 e. The topological polar surface area (TPSA) is 48.9 Å². The van der Waals surface area contributed by atoms with E-state index in [1.807, 2.05) is 38.1 Å². The molecule has 1 heterocycles. The zero-order chi connectivity index (χ0) is 19.2. The van der Waals surface area contributed by atoms with Crippen molar-refractivity contribution in [2.24, 2.45) is 4.99 Å². The van der Waals surface area contributed by atoms with E-state index in [9.17, 15) is 13.2 Å². The van der Waals surface area contributed by atoms with Crippen molar-refractivity contribution in [2.45, 2.75) is 38.6 Å². The number of rotatable bonds is 6. The van der Waals surface area contributed by atoms with Gasteiger partial charge in [-0.2, -0.15) is 13.2 Å². The van der Waals surface area contributed by atoms with Gasteiger partial charge in [-0.05, 0) is 31.9 Å². The summed E-state index contributed by atoms with van der Waals surface area (Å²) in [5.41, 5.74) is 1.07. The van der Waals surface area contributed by atoms with Crippen molar-refractivity contribution in [1.29, 1.82) is 0 Å². The maximum atomic E-state index is 12.5. The molecule has 2 N–H and O–H groups in total. The third-order valence-electron chi connectivity index (χ3n) is 4.22. The van der Waals surface area contributed by atoms with Crippen molar-refractivity contribution in [3.8, 4) is 5.75 Å². The second kappa shape index (κ2) is 9.12. The van der Waals surface area contributed by atoms with Gasteiger partial charge in [0.15, 0.2) is 5.96 Å². The predicted octanol–water partition coefficient (Wildman–Crippen LogP) is 2.56. The Kier molecular flexibility index (Phi) is 7.14. The van der Waals surface area contributed by atoms with Crippen LogP contribution in [0.3, 0.4) is 0 Å². The fourth-order valence-corrected chi connectivity index (χ4v) is 2.92. The molecule has 0 aromatic heterocycles. The molecule has 0 aliphatic carbocycles. The molecule has 0 spiro atoms. The number of aryl methyl sites for hydroxylation is 1. The quantitative estimate of drug-likeness (QED) is 0.595. The normalized spacial score (nSPS) is 20.1. The molecule has 1 aliphatic heterocycles. The Morgan fingerprint density at radius 1 is 1.38 bits per heavy atom. The van der Waals surface area contributed by atoms with E-state index in [1.165, 1.54) is 4.90 Å². The van der Waals surface area contributed by atoms with Crippen LogP contribution in [0.15, 0.2) is 29.3 Å². The molecule has 0 radical (unpaired) electrons. The minimum absolute atomic E-state index is 0.0452. The van der Waals surface area contributed by atoms with E-state index in [2.05, 4.69) is 15.6 Å². The first-order valence-corrected chi connectivity index (χ1v) is 8.75. The maximum Gasteiger partial charge on any atom is 0.401 e. The van der Waals surface area contributed by atoms with E-state index >= 15 is 0 Å². The molecule has 1 aliphatic rings. The summed E-state index contributed by atoms with van der Waals surface area (Å²) in [6.07, 6.45) is -3.58. The third kappa shape index (κ3) is 6.74. The summed E-state index contributed by atoms with van der Waals surface area (Å²) in [5.74, 6) is 1.41. The second-order valence-electron chi connectivity index (χ2n) is 6.63. The Hall–Kier alpha value is -1.96. The third-order valence-corrected chi connectivity index (χ3v) is 4.22. The van der Waals surface area contributed by atoms with Gasteiger partial charge in [-0.3, -0.25) is 9.89 Å². The lowest BCUT2D eigenvalue weighted by Gasteiger charge is -2.21. The molecule has 2 rings (SSSR count). The zero-order valence-corrected chi connectivity index (χ0v) is 15.4. The summed E-state index contributed by atoms with van der Waals surface area (Å²) in [7, 11) is 1.64. The van der Waals surface area contributed by atoms with Gasteiger partial charge >= 0.3 is 6.18 Å². The number of hydrogen-bond donors (Lipinski definition) is 2. The van der Waals surface area contributed by atoms with Crippen LogP contribution in [0.5, 0.6) is 5.75 Å². The number of nitrogens with zero attached hydrogens (tertiary/aromatic N) is 2. The average Bonchev–Trinajstić information content (AvgIpc) is 2.98. The van der Waals surface area contributed by atoms with Gasteiger partial charge in [-0.25, -0.2) is 0 Å². The highest BCUT2D eigenvalue weighted by molar-refractivity contribution is 5.80. The van der Waals surface area contributed by atoms with E-state index in [0.29, 0.717) is 32.0 Å². The molecule has 26 heavy (non-hydrogen) atoms. The molecule has 1 aromatic rings. The molecule has 146 valence electrons. The van der Waals surface area contributed by atoms with Crippen LogP contribution in [-0.2, 0) is 0 Å². The summed E-state index contributed by atoms with van der Waals surface area (Å²) >= 11 is 0. The summed E-state index contributed by atoms with van der Waals surface area (Å²) in [4.78, 5) is 5.56. The highest BCUT2D eigenvalue weighted by atomic mass is 19.4. The molecule has 1 aromatic carbocycles. The Balaban J connectivity index is 1.75. The molecule has 2 atom stereocenters. The van der Waals surface area contributed by atoms with Crippen molar-refractivity contribution in [1.82, 2.24) is 15.5 Å². The summed E-state index contributed by atoms with van der Waals surface area (Å²) in [6, 6.07) is 7.75. The van der Waals surface area contributed by atoms with E-state index in [-0.39, 0.29) is 12.1 Å². The molecule has 0 saturated carbocycles. The highest BCUT2D eigenvalue weighted by Gasteiger charge is 2.34. The van der Waals surface area contributed by atoms with Gasteiger partial charge in [-0.15, -0.1) is 0 Å². The number of ether oxygens (including phenoxy) is 1. The summed E-state index contributed by atoms with van der Waals surface area (Å²) in [5, 5.41) is 6.36. The first-order valence-electron chi connectivity index (χ1n) is 8.75. The highest BCUT2D eigenvalue weighted by Crippen LogP contribution is 2.20. The van der Waals surface area contributed by atoms with Crippen LogP contribution < -0.4 is 15.4 Å². The van der Waals surface area contributed by atoms with Crippen LogP contribution in [-0.4, -0.2) is 62.4 Å². The number of aliphatic imine (C=N–C) groups is 1. The number of hydrogen-bond acceptors (Lipinski definition) is 3. The van der Waals surface area contributed by atoms with Gasteiger partial charge < -0.3 is 15.4 Å². The van der Waals surface area contributed by atoms with E-state index in [4.69, 9.17) is 4.74 Å². The van der Waals surface area contributed by atoms with Gasteiger partial charge in [0.1, 0.15) is 11.9 Å². The molecule has 2 unspecified atom stereocenters. The fourth-order valence-electron chi connectivity index (χ4n) is 2.92. The van der Waals surface area contributed by atoms with Crippen LogP contribution in [0.25, 0.3) is 0 Å². The minimum atomic E-state index is -4.16. The summed E-state index contributed by atoms with van der Waals surface area (Å²) < 4.78 is 43.3. The summed E-state index contributed by atoms with van der Waals surface area (Å²) in [6.45, 7) is 4.40. The number of benzene rings is 1. The Bertz CT molecular complexity index is 606. The number of guanidine groups is 1. The lowest BCUT2D eigenvalue weighted by Crippen LogP contribution is -2.47. The smallest absolute Gasteiger partial charge is 0.401 e. The van der Waals surface area contributed by atoms with Gasteiger partial charge in [-0.1, -0.05) is 18.2 Å². The Morgan fingerprint density at radius 3 is 2.77 bits per heavy atom. The average molecular weight is 372 g/mol. The van der Waals surface area contributed by atoms with E-state index < -0.39 is 12.7 Å². The first-order chi connectivity index (χ1) is 12.3. The van der Waals surface area contributed by atoms with Gasteiger partial charge in [0.25, 0.3) is 0 Å². The predicted molar refractivity (Wildman–Crippen MR) is 96.7 cm³/mol. The number of nitrogens with one attached hydrogen (secondary N) is 2. The number of halogens is 3. The van der Waals surface area contributed by atoms with Gasteiger partial charge in [0.05, 0.1) is 13.1 Å². The Morgan fingerprint density at radius 2 is 2.12 bits per heavy atom. The number of likely N-dealkylation sites (tertiary alicyclic amines) is 1. The van der Waals surface area contributed by atoms with Crippen molar-refractivity contribution >= 4 is 5.96 Å². The first kappa shape index (κ1) is 20.4. The van der Waals surface area contributed by atoms with Crippen LogP contribution >= 0.6 is 0 Å². The van der Waals surface area contributed by atoms with Gasteiger partial charge in [0, 0.05) is 26.2 Å². The fraction of sp³-hybridized carbons (Fsp3) is 0.611. The Labute approximate surface area is 152 Å². The van der Waals surface area contributed by atoms with Crippen molar-refractivity contribution in [3.05, 3.63) is 29.8 Å². The standard InChI is InChI=1S/C18H27F3N4O/c1-13-6-4-5-7-16(13)26-14(2)10-23-17(22-3)24-15-8-9-25(11-15)12-18(19,20)21/h4-7,14-15H,8-12H2,1-3H3,(H2,22,23,24). The van der Waals surface area contributed by atoms with E-state index in [0.717, 1.165) is 11.3 Å². The second-order valence-corrected chi connectivity index (χ2v) is 6.63. The molecule has 0 bridgehead atoms. The molecule has 1 saturated heterocycles. The monoisotopic (exact) mass is 372 g/mol. The zero-order valence-electron chi connectivity index (χ0n) is 15.4. The molecule has 8 heteroatoms. The maximum absolute atomic E-state index is 12.5. The van der Waals surface area contributed by atoms with Crippen LogP contribution in [0.1, 0.15) is 18.9 Å². The number of para-hydroxylation sites is 1. The minimum Gasteiger partial charge on any atom is -0.489 e. The molecular weight excluding hydrogens is 345 g/mol. The number of alkyl halides is 3. The van der Waals surface area contributed by atoms with E-state index in [1.54, 1.807) is 7.05 Å². The van der Waals surface area contributed by atoms with Crippen molar-refractivity contribution in [3.63, 3.8) is 0 Å². The van der Waals surface area contributed by atoms with Crippen LogP contribution in [0.2, 0.25) is 0 Å². The lowest BCUT2D eigenvalue weighted by molar-refractivity contribution is -0.143. The SMILES string of the molecule is CN=C(NCC(C)Oc1ccccc1C)NC1CCN(CC(F)(F)F)C1. The van der Waals surface area contributed by atoms with Crippen molar-refractivity contribution in [2.75, 3.05) is 33.2 Å².